The van der Waals surface area contributed by atoms with Gasteiger partial charge in [-0.05, 0) is 49.4 Å². The predicted molar refractivity (Wildman–Crippen MR) is 67.3 cm³/mol. The standard InChI is InChI=1S/C14H25Cl/c1-10-7-8-12(9-11(10)2)13-5-3-4-6-14(13)15/h10-14H,3-9H2,1-2H3. The van der Waals surface area contributed by atoms with E-state index in [2.05, 4.69) is 13.8 Å². The second-order valence-corrected chi connectivity index (χ2v) is 6.55. The summed E-state index contributed by atoms with van der Waals surface area (Å²) >= 11 is 6.50. The molecule has 2 rings (SSSR count). The van der Waals surface area contributed by atoms with E-state index in [0.717, 1.165) is 23.7 Å². The van der Waals surface area contributed by atoms with Crippen LogP contribution in [0.4, 0.5) is 0 Å². The molecule has 2 aliphatic carbocycles. The molecule has 0 amide bonds. The molecule has 0 spiro atoms. The fourth-order valence-corrected chi connectivity index (χ4v) is 4.11. The van der Waals surface area contributed by atoms with E-state index in [4.69, 9.17) is 11.6 Å². The van der Waals surface area contributed by atoms with Crippen LogP contribution in [-0.4, -0.2) is 5.38 Å². The molecule has 0 nitrogen and oxygen atoms in total. The highest BCUT2D eigenvalue weighted by atomic mass is 35.5. The molecule has 5 unspecified atom stereocenters. The summed E-state index contributed by atoms with van der Waals surface area (Å²) < 4.78 is 0. The van der Waals surface area contributed by atoms with Crippen LogP contribution in [0.15, 0.2) is 0 Å². The van der Waals surface area contributed by atoms with Crippen LogP contribution in [-0.2, 0) is 0 Å². The highest BCUT2D eigenvalue weighted by Crippen LogP contribution is 2.43. The Morgan fingerprint density at radius 1 is 0.867 bits per heavy atom. The molecule has 0 heterocycles. The van der Waals surface area contributed by atoms with Gasteiger partial charge < -0.3 is 0 Å². The van der Waals surface area contributed by atoms with E-state index in [1.807, 2.05) is 0 Å². The summed E-state index contributed by atoms with van der Waals surface area (Å²) in [6.07, 6.45) is 9.78. The van der Waals surface area contributed by atoms with Gasteiger partial charge in [0, 0.05) is 5.38 Å². The summed E-state index contributed by atoms with van der Waals surface area (Å²) in [6.45, 7) is 4.85. The highest BCUT2D eigenvalue weighted by Gasteiger charge is 2.34. The lowest BCUT2D eigenvalue weighted by atomic mass is 9.67. The van der Waals surface area contributed by atoms with Gasteiger partial charge in [0.1, 0.15) is 0 Å². The van der Waals surface area contributed by atoms with E-state index in [1.54, 1.807) is 0 Å². The Morgan fingerprint density at radius 2 is 1.60 bits per heavy atom. The lowest BCUT2D eigenvalue weighted by molar-refractivity contribution is 0.134. The van der Waals surface area contributed by atoms with E-state index >= 15 is 0 Å². The molecule has 0 aliphatic heterocycles. The van der Waals surface area contributed by atoms with Crippen molar-refractivity contribution in [1.29, 1.82) is 0 Å². The number of hydrogen-bond donors (Lipinski definition) is 0. The maximum absolute atomic E-state index is 6.50. The molecule has 0 aromatic rings. The van der Waals surface area contributed by atoms with Crippen molar-refractivity contribution in [3.05, 3.63) is 0 Å². The van der Waals surface area contributed by atoms with E-state index in [1.165, 1.54) is 44.9 Å². The predicted octanol–water partition coefficient (Wildman–Crippen LogP) is 4.86. The summed E-state index contributed by atoms with van der Waals surface area (Å²) in [5.74, 6) is 3.66. The second kappa shape index (κ2) is 5.08. The van der Waals surface area contributed by atoms with Gasteiger partial charge in [-0.2, -0.15) is 0 Å². The molecule has 5 atom stereocenters. The van der Waals surface area contributed by atoms with Crippen LogP contribution < -0.4 is 0 Å². The van der Waals surface area contributed by atoms with Gasteiger partial charge in [-0.25, -0.2) is 0 Å². The maximum atomic E-state index is 6.50. The molecule has 0 saturated heterocycles. The summed E-state index contributed by atoms with van der Waals surface area (Å²) in [5.41, 5.74) is 0. The zero-order valence-corrected chi connectivity index (χ0v) is 11.0. The molecule has 0 N–H and O–H groups in total. The molecule has 2 fully saturated rings. The minimum Gasteiger partial charge on any atom is -0.123 e. The number of halogens is 1. The van der Waals surface area contributed by atoms with Crippen molar-refractivity contribution in [3.63, 3.8) is 0 Å². The molecule has 2 saturated carbocycles. The fourth-order valence-electron chi connectivity index (χ4n) is 3.62. The number of alkyl halides is 1. The number of hydrogen-bond acceptors (Lipinski definition) is 0. The third-order valence-electron chi connectivity index (χ3n) is 4.98. The Labute approximate surface area is 99.8 Å². The minimum atomic E-state index is 0.490. The Balaban J connectivity index is 1.92. The lowest BCUT2D eigenvalue weighted by Gasteiger charge is -2.40. The Kier molecular flexibility index (Phi) is 3.98. The van der Waals surface area contributed by atoms with Crippen molar-refractivity contribution in [2.24, 2.45) is 23.7 Å². The highest BCUT2D eigenvalue weighted by molar-refractivity contribution is 6.20. The molecule has 1 heteroatoms. The molecule has 0 radical (unpaired) electrons. The number of rotatable bonds is 1. The first-order valence-electron chi connectivity index (χ1n) is 6.82. The topological polar surface area (TPSA) is 0 Å². The monoisotopic (exact) mass is 228 g/mol. The summed E-state index contributed by atoms with van der Waals surface area (Å²) in [6, 6.07) is 0. The normalized spacial score (nSPS) is 47.8. The third kappa shape index (κ3) is 2.70. The van der Waals surface area contributed by atoms with Gasteiger partial charge in [0.25, 0.3) is 0 Å². The largest absolute Gasteiger partial charge is 0.123 e. The Bertz CT molecular complexity index is 202. The van der Waals surface area contributed by atoms with E-state index < -0.39 is 0 Å². The fraction of sp³-hybridized carbons (Fsp3) is 1.00. The quantitative estimate of drug-likeness (QED) is 0.563. The molecular formula is C14H25Cl. The smallest absolute Gasteiger partial charge is 0.0366 e. The zero-order valence-electron chi connectivity index (χ0n) is 10.2. The van der Waals surface area contributed by atoms with Crippen molar-refractivity contribution in [2.45, 2.75) is 64.2 Å². The van der Waals surface area contributed by atoms with Crippen molar-refractivity contribution in [2.75, 3.05) is 0 Å². The van der Waals surface area contributed by atoms with Gasteiger partial charge in [0.2, 0.25) is 0 Å². The Morgan fingerprint density at radius 3 is 2.27 bits per heavy atom. The first-order valence-corrected chi connectivity index (χ1v) is 7.26. The molecule has 2 aliphatic rings. The first-order chi connectivity index (χ1) is 7.18. The van der Waals surface area contributed by atoms with Gasteiger partial charge in [0.15, 0.2) is 0 Å². The van der Waals surface area contributed by atoms with Crippen molar-refractivity contribution < 1.29 is 0 Å². The minimum absolute atomic E-state index is 0.490. The maximum Gasteiger partial charge on any atom is 0.0366 e. The van der Waals surface area contributed by atoms with Gasteiger partial charge in [0.05, 0.1) is 0 Å². The van der Waals surface area contributed by atoms with Crippen LogP contribution in [0.3, 0.4) is 0 Å². The van der Waals surface area contributed by atoms with Crippen molar-refractivity contribution in [3.8, 4) is 0 Å². The van der Waals surface area contributed by atoms with E-state index in [0.29, 0.717) is 5.38 Å². The van der Waals surface area contributed by atoms with Gasteiger partial charge in [-0.15, -0.1) is 11.6 Å². The Hall–Kier alpha value is 0.290. The van der Waals surface area contributed by atoms with Gasteiger partial charge in [-0.3, -0.25) is 0 Å². The average Bonchev–Trinajstić information content (AvgIpc) is 2.23. The van der Waals surface area contributed by atoms with Crippen LogP contribution in [0.1, 0.15) is 58.8 Å². The molecule has 15 heavy (non-hydrogen) atoms. The summed E-state index contributed by atoms with van der Waals surface area (Å²) in [7, 11) is 0. The van der Waals surface area contributed by atoms with Crippen LogP contribution >= 0.6 is 11.6 Å². The molecule has 0 aromatic heterocycles. The molecule has 88 valence electrons. The van der Waals surface area contributed by atoms with Crippen molar-refractivity contribution in [1.82, 2.24) is 0 Å². The van der Waals surface area contributed by atoms with Crippen LogP contribution in [0.5, 0.6) is 0 Å². The van der Waals surface area contributed by atoms with E-state index in [-0.39, 0.29) is 0 Å². The summed E-state index contributed by atoms with van der Waals surface area (Å²) in [4.78, 5) is 0. The summed E-state index contributed by atoms with van der Waals surface area (Å²) in [5, 5.41) is 0.490. The van der Waals surface area contributed by atoms with Gasteiger partial charge in [-0.1, -0.05) is 33.1 Å². The first kappa shape index (κ1) is 11.8. The van der Waals surface area contributed by atoms with Crippen LogP contribution in [0.25, 0.3) is 0 Å². The van der Waals surface area contributed by atoms with Gasteiger partial charge >= 0.3 is 0 Å². The molecule has 0 bridgehead atoms. The van der Waals surface area contributed by atoms with E-state index in [9.17, 15) is 0 Å². The van der Waals surface area contributed by atoms with Crippen molar-refractivity contribution >= 4 is 11.6 Å². The molecular weight excluding hydrogens is 204 g/mol. The lowest BCUT2D eigenvalue weighted by Crippen LogP contribution is -2.32. The third-order valence-corrected chi connectivity index (χ3v) is 5.52. The SMILES string of the molecule is CC1CCC(C2CCCCC2Cl)CC1C. The average molecular weight is 229 g/mol. The zero-order chi connectivity index (χ0) is 10.8. The second-order valence-electron chi connectivity index (χ2n) is 5.99. The van der Waals surface area contributed by atoms with Crippen LogP contribution in [0, 0.1) is 23.7 Å². The van der Waals surface area contributed by atoms with Crippen LogP contribution in [0.2, 0.25) is 0 Å². The molecule has 0 aromatic carbocycles.